The van der Waals surface area contributed by atoms with E-state index in [2.05, 4.69) is 44.9 Å². The van der Waals surface area contributed by atoms with Gasteiger partial charge < -0.3 is 0 Å². The van der Waals surface area contributed by atoms with Crippen molar-refractivity contribution < 1.29 is 0 Å². The maximum absolute atomic E-state index is 3.50. The first-order valence-electron chi connectivity index (χ1n) is 8.21. The third kappa shape index (κ3) is 5.19. The Labute approximate surface area is 136 Å². The SMILES string of the molecule is CCCC1CCC(C2CCC(C=C(Br)Br)CC2)CC1. The molecule has 0 aromatic heterocycles. The minimum atomic E-state index is 0.807. The fourth-order valence-corrected chi connectivity index (χ4v) is 5.07. The molecule has 19 heavy (non-hydrogen) atoms. The molecule has 0 unspecified atom stereocenters. The first-order valence-corrected chi connectivity index (χ1v) is 9.80. The zero-order valence-electron chi connectivity index (χ0n) is 12.2. The molecule has 0 saturated heterocycles. The number of hydrogen-bond donors (Lipinski definition) is 0. The average molecular weight is 392 g/mol. The Morgan fingerprint density at radius 3 is 1.89 bits per heavy atom. The van der Waals surface area contributed by atoms with Crippen molar-refractivity contribution in [1.82, 2.24) is 0 Å². The highest BCUT2D eigenvalue weighted by molar-refractivity contribution is 9.28. The van der Waals surface area contributed by atoms with Crippen LogP contribution in [0.1, 0.15) is 71.1 Å². The van der Waals surface area contributed by atoms with E-state index in [0.29, 0.717) is 0 Å². The zero-order chi connectivity index (χ0) is 13.7. The first-order chi connectivity index (χ1) is 9.19. The molecular weight excluding hydrogens is 364 g/mol. The van der Waals surface area contributed by atoms with Crippen molar-refractivity contribution >= 4 is 31.9 Å². The normalized spacial score (nSPS) is 35.9. The summed E-state index contributed by atoms with van der Waals surface area (Å²) in [6.07, 6.45) is 17.0. The quantitative estimate of drug-likeness (QED) is 0.482. The van der Waals surface area contributed by atoms with Crippen molar-refractivity contribution in [2.75, 3.05) is 0 Å². The second kappa shape index (κ2) is 8.22. The van der Waals surface area contributed by atoms with Gasteiger partial charge in [-0.15, -0.1) is 0 Å². The van der Waals surface area contributed by atoms with Gasteiger partial charge in [-0.1, -0.05) is 38.7 Å². The second-order valence-corrected chi connectivity index (χ2v) is 9.47. The molecule has 0 atom stereocenters. The van der Waals surface area contributed by atoms with Crippen molar-refractivity contribution in [3.05, 3.63) is 9.47 Å². The molecule has 2 saturated carbocycles. The van der Waals surface area contributed by atoms with E-state index in [0.717, 1.165) is 27.1 Å². The van der Waals surface area contributed by atoms with Crippen LogP contribution < -0.4 is 0 Å². The van der Waals surface area contributed by atoms with Crippen LogP contribution in [0.5, 0.6) is 0 Å². The van der Waals surface area contributed by atoms with Gasteiger partial charge in [0.2, 0.25) is 0 Å². The van der Waals surface area contributed by atoms with Crippen LogP contribution in [0.25, 0.3) is 0 Å². The minimum absolute atomic E-state index is 0.807. The van der Waals surface area contributed by atoms with Gasteiger partial charge in [-0.2, -0.15) is 0 Å². The lowest BCUT2D eigenvalue weighted by Crippen LogP contribution is -2.25. The summed E-state index contributed by atoms with van der Waals surface area (Å²) in [6, 6.07) is 0. The maximum Gasteiger partial charge on any atom is 0.0567 e. The molecular formula is C17H28Br2. The molecule has 2 rings (SSSR count). The van der Waals surface area contributed by atoms with Crippen molar-refractivity contribution in [2.45, 2.75) is 71.1 Å². The third-order valence-corrected chi connectivity index (χ3v) is 5.96. The molecule has 0 N–H and O–H groups in total. The van der Waals surface area contributed by atoms with Crippen molar-refractivity contribution in [3.8, 4) is 0 Å². The Hall–Kier alpha value is 0.700. The summed E-state index contributed by atoms with van der Waals surface area (Å²) in [5.74, 6) is 3.97. The minimum Gasteiger partial charge on any atom is -0.0654 e. The van der Waals surface area contributed by atoms with E-state index in [-0.39, 0.29) is 0 Å². The largest absolute Gasteiger partial charge is 0.0654 e. The predicted molar refractivity (Wildman–Crippen MR) is 91.7 cm³/mol. The number of allylic oxidation sites excluding steroid dienone is 1. The summed E-state index contributed by atoms with van der Waals surface area (Å²) in [5, 5.41) is 0. The van der Waals surface area contributed by atoms with Crippen molar-refractivity contribution in [3.63, 3.8) is 0 Å². The molecule has 0 aromatic rings. The Morgan fingerprint density at radius 1 is 0.895 bits per heavy atom. The van der Waals surface area contributed by atoms with Gasteiger partial charge in [0.1, 0.15) is 0 Å². The van der Waals surface area contributed by atoms with Crippen LogP contribution in [0.15, 0.2) is 9.47 Å². The molecule has 110 valence electrons. The first kappa shape index (κ1) is 16.1. The lowest BCUT2D eigenvalue weighted by atomic mass is 9.69. The van der Waals surface area contributed by atoms with Crippen LogP contribution >= 0.6 is 31.9 Å². The Morgan fingerprint density at radius 2 is 1.42 bits per heavy atom. The molecule has 0 aromatic carbocycles. The fourth-order valence-electron chi connectivity index (χ4n) is 4.32. The van der Waals surface area contributed by atoms with E-state index in [1.54, 1.807) is 0 Å². The molecule has 2 fully saturated rings. The van der Waals surface area contributed by atoms with Crippen molar-refractivity contribution in [1.29, 1.82) is 0 Å². The monoisotopic (exact) mass is 390 g/mol. The Bertz CT molecular complexity index is 278. The highest BCUT2D eigenvalue weighted by atomic mass is 79.9. The van der Waals surface area contributed by atoms with Crippen LogP contribution in [-0.4, -0.2) is 0 Å². The van der Waals surface area contributed by atoms with E-state index >= 15 is 0 Å². The standard InChI is InChI=1S/C17H28Br2/c1-2-3-13-4-8-15(9-5-13)16-10-6-14(7-11-16)12-17(18)19/h12-16H,2-11H2,1H3. The predicted octanol–water partition coefficient (Wildman–Crippen LogP) is 7.03. The number of rotatable bonds is 4. The van der Waals surface area contributed by atoms with Gasteiger partial charge in [-0.3, -0.25) is 0 Å². The van der Waals surface area contributed by atoms with E-state index in [4.69, 9.17) is 0 Å². The smallest absolute Gasteiger partial charge is 0.0567 e. The zero-order valence-corrected chi connectivity index (χ0v) is 15.4. The average Bonchev–Trinajstić information content (AvgIpc) is 2.40. The lowest BCUT2D eigenvalue weighted by molar-refractivity contribution is 0.152. The number of halogens is 2. The van der Waals surface area contributed by atoms with Gasteiger partial charge >= 0.3 is 0 Å². The molecule has 0 nitrogen and oxygen atoms in total. The molecule has 2 heteroatoms. The summed E-state index contributed by atoms with van der Waals surface area (Å²) in [6.45, 7) is 2.34. The van der Waals surface area contributed by atoms with Crippen LogP contribution in [0, 0.1) is 23.7 Å². The third-order valence-electron chi connectivity index (χ3n) is 5.43. The molecule has 2 aliphatic carbocycles. The van der Waals surface area contributed by atoms with Gasteiger partial charge in [0.05, 0.1) is 3.39 Å². The summed E-state index contributed by atoms with van der Waals surface area (Å²) in [7, 11) is 0. The van der Waals surface area contributed by atoms with E-state index in [9.17, 15) is 0 Å². The Balaban J connectivity index is 1.72. The molecule has 0 aliphatic heterocycles. The second-order valence-electron chi connectivity index (χ2n) is 6.70. The molecule has 0 bridgehead atoms. The highest BCUT2D eigenvalue weighted by Gasteiger charge is 2.30. The lowest BCUT2D eigenvalue weighted by Gasteiger charge is -2.37. The van der Waals surface area contributed by atoms with Gasteiger partial charge in [-0.05, 0) is 94.1 Å². The molecule has 0 heterocycles. The topological polar surface area (TPSA) is 0 Å². The van der Waals surface area contributed by atoms with E-state index in [1.165, 1.54) is 64.2 Å². The summed E-state index contributed by atoms with van der Waals surface area (Å²) >= 11 is 7.00. The van der Waals surface area contributed by atoms with Gasteiger partial charge in [0.25, 0.3) is 0 Å². The Kier molecular flexibility index (Phi) is 6.95. The molecule has 0 radical (unpaired) electrons. The van der Waals surface area contributed by atoms with E-state index in [1.807, 2.05) is 0 Å². The fraction of sp³-hybridized carbons (Fsp3) is 0.882. The molecule has 0 spiro atoms. The summed E-state index contributed by atoms with van der Waals surface area (Å²) in [4.78, 5) is 0. The number of hydrogen-bond acceptors (Lipinski definition) is 0. The van der Waals surface area contributed by atoms with Crippen LogP contribution in [0.3, 0.4) is 0 Å². The maximum atomic E-state index is 3.50. The highest BCUT2D eigenvalue weighted by Crippen LogP contribution is 2.42. The van der Waals surface area contributed by atoms with Crippen molar-refractivity contribution in [2.24, 2.45) is 23.7 Å². The summed E-state index contributed by atoms with van der Waals surface area (Å²) in [5.41, 5.74) is 0. The van der Waals surface area contributed by atoms with Crippen LogP contribution in [-0.2, 0) is 0 Å². The summed E-state index contributed by atoms with van der Waals surface area (Å²) < 4.78 is 1.14. The van der Waals surface area contributed by atoms with Crippen LogP contribution in [0.2, 0.25) is 0 Å². The van der Waals surface area contributed by atoms with Gasteiger partial charge in [-0.25, -0.2) is 0 Å². The van der Waals surface area contributed by atoms with Crippen LogP contribution in [0.4, 0.5) is 0 Å². The molecule has 0 amide bonds. The van der Waals surface area contributed by atoms with E-state index < -0.39 is 0 Å². The van der Waals surface area contributed by atoms with Gasteiger partial charge in [0.15, 0.2) is 0 Å². The molecule has 2 aliphatic rings. The van der Waals surface area contributed by atoms with Gasteiger partial charge in [0, 0.05) is 0 Å².